The van der Waals surface area contributed by atoms with Gasteiger partial charge in [0.1, 0.15) is 0 Å². The Hall–Kier alpha value is -0.780. The summed E-state index contributed by atoms with van der Waals surface area (Å²) in [5.74, 6) is -3.90. The van der Waals surface area contributed by atoms with Crippen LogP contribution in [-0.2, 0) is 4.79 Å². The Labute approximate surface area is 99.4 Å². The number of nitrogens with one attached hydrogen (secondary N) is 1. The van der Waals surface area contributed by atoms with Crippen molar-refractivity contribution in [1.82, 2.24) is 5.32 Å². The molecule has 17 heavy (non-hydrogen) atoms. The number of hydrogen-bond acceptors (Lipinski definition) is 2. The van der Waals surface area contributed by atoms with Gasteiger partial charge in [-0.2, -0.15) is 13.2 Å². The normalized spacial score (nSPS) is 15.9. The van der Waals surface area contributed by atoms with Crippen LogP contribution in [0.3, 0.4) is 0 Å². The predicted octanol–water partition coefficient (Wildman–Crippen LogP) is 2.66. The molecule has 2 N–H and O–H groups in total. The Morgan fingerprint density at radius 2 is 1.76 bits per heavy atom. The lowest BCUT2D eigenvalue weighted by atomic mass is 9.95. The molecule has 3 nitrogen and oxygen atoms in total. The smallest absolute Gasteiger partial charge is 0.403 e. The standard InChI is InChI=1S/C11H20F3NO2/c1-4-8(5-2)7(3)15-6-9(10(16)17)11(12,13)14/h7-9,15H,4-6H2,1-3H3,(H,16,17). The Bertz CT molecular complexity index is 239. The number of rotatable bonds is 7. The fourth-order valence-corrected chi connectivity index (χ4v) is 1.81. The molecule has 0 fully saturated rings. The van der Waals surface area contributed by atoms with E-state index in [1.807, 2.05) is 13.8 Å². The van der Waals surface area contributed by atoms with Crippen molar-refractivity contribution in [3.63, 3.8) is 0 Å². The summed E-state index contributed by atoms with van der Waals surface area (Å²) in [6.45, 7) is 5.14. The van der Waals surface area contributed by atoms with E-state index in [0.717, 1.165) is 12.8 Å². The van der Waals surface area contributed by atoms with Crippen LogP contribution in [0.15, 0.2) is 0 Å². The summed E-state index contributed by atoms with van der Waals surface area (Å²) in [5.41, 5.74) is 0. The lowest BCUT2D eigenvalue weighted by molar-refractivity contribution is -0.192. The molecule has 102 valence electrons. The van der Waals surface area contributed by atoms with Crippen molar-refractivity contribution >= 4 is 5.97 Å². The van der Waals surface area contributed by atoms with Gasteiger partial charge in [-0.05, 0) is 12.8 Å². The number of hydrogen-bond donors (Lipinski definition) is 2. The molecule has 0 aliphatic rings. The second-order valence-corrected chi connectivity index (χ2v) is 4.21. The molecule has 0 aliphatic carbocycles. The van der Waals surface area contributed by atoms with Gasteiger partial charge in [0.2, 0.25) is 0 Å². The van der Waals surface area contributed by atoms with E-state index in [1.165, 1.54) is 0 Å². The van der Waals surface area contributed by atoms with Gasteiger partial charge in [0, 0.05) is 12.6 Å². The van der Waals surface area contributed by atoms with Gasteiger partial charge in [0.25, 0.3) is 0 Å². The van der Waals surface area contributed by atoms with E-state index < -0.39 is 24.6 Å². The van der Waals surface area contributed by atoms with Crippen molar-refractivity contribution in [2.75, 3.05) is 6.54 Å². The summed E-state index contributed by atoms with van der Waals surface area (Å²) in [6, 6.07) is -0.116. The van der Waals surface area contributed by atoms with E-state index >= 15 is 0 Å². The Kier molecular flexibility index (Phi) is 6.52. The van der Waals surface area contributed by atoms with Gasteiger partial charge in [-0.15, -0.1) is 0 Å². The van der Waals surface area contributed by atoms with Crippen LogP contribution in [0.5, 0.6) is 0 Å². The molecule has 0 aromatic rings. The zero-order valence-corrected chi connectivity index (χ0v) is 10.3. The Morgan fingerprint density at radius 1 is 1.29 bits per heavy atom. The zero-order valence-electron chi connectivity index (χ0n) is 10.3. The quantitative estimate of drug-likeness (QED) is 0.735. The maximum Gasteiger partial charge on any atom is 0.403 e. The summed E-state index contributed by atoms with van der Waals surface area (Å²) in [5, 5.41) is 11.2. The molecule has 0 aromatic heterocycles. The molecule has 0 aliphatic heterocycles. The van der Waals surface area contributed by atoms with Gasteiger partial charge in [0.05, 0.1) is 0 Å². The van der Waals surface area contributed by atoms with Crippen molar-refractivity contribution < 1.29 is 23.1 Å². The third-order valence-electron chi connectivity index (χ3n) is 3.09. The highest BCUT2D eigenvalue weighted by atomic mass is 19.4. The van der Waals surface area contributed by atoms with Gasteiger partial charge in [-0.1, -0.05) is 26.7 Å². The van der Waals surface area contributed by atoms with Crippen molar-refractivity contribution in [3.8, 4) is 0 Å². The average Bonchev–Trinajstić information content (AvgIpc) is 2.17. The number of carboxylic acids is 1. The van der Waals surface area contributed by atoms with E-state index in [-0.39, 0.29) is 12.0 Å². The first-order valence-electron chi connectivity index (χ1n) is 5.76. The largest absolute Gasteiger partial charge is 0.481 e. The third kappa shape index (κ3) is 5.39. The highest BCUT2D eigenvalue weighted by Gasteiger charge is 2.44. The first-order chi connectivity index (χ1) is 7.73. The van der Waals surface area contributed by atoms with Crippen LogP contribution >= 0.6 is 0 Å². The molecule has 0 radical (unpaired) electrons. The van der Waals surface area contributed by atoms with E-state index in [1.54, 1.807) is 6.92 Å². The molecular weight excluding hydrogens is 235 g/mol. The molecule has 0 spiro atoms. The lowest BCUT2D eigenvalue weighted by Crippen LogP contribution is -2.43. The Morgan fingerprint density at radius 3 is 2.06 bits per heavy atom. The van der Waals surface area contributed by atoms with Crippen LogP contribution in [0.25, 0.3) is 0 Å². The maximum absolute atomic E-state index is 12.4. The second kappa shape index (κ2) is 6.83. The lowest BCUT2D eigenvalue weighted by Gasteiger charge is -2.25. The first-order valence-corrected chi connectivity index (χ1v) is 5.76. The van der Waals surface area contributed by atoms with E-state index in [9.17, 15) is 18.0 Å². The third-order valence-corrected chi connectivity index (χ3v) is 3.09. The number of aliphatic carboxylic acids is 1. The Balaban J connectivity index is 4.37. The summed E-state index contributed by atoms with van der Waals surface area (Å²) < 4.78 is 37.1. The molecule has 2 unspecified atom stereocenters. The van der Waals surface area contributed by atoms with Crippen molar-refractivity contribution in [2.45, 2.75) is 45.8 Å². The number of carbonyl (C=O) groups is 1. The number of alkyl halides is 3. The monoisotopic (exact) mass is 255 g/mol. The number of carboxylic acid groups (broad SMARTS) is 1. The summed E-state index contributed by atoms with van der Waals surface area (Å²) >= 11 is 0. The van der Waals surface area contributed by atoms with Gasteiger partial charge < -0.3 is 10.4 Å². The number of halogens is 3. The van der Waals surface area contributed by atoms with E-state index in [2.05, 4.69) is 5.32 Å². The molecule has 0 saturated carbocycles. The summed E-state index contributed by atoms with van der Waals surface area (Å²) in [7, 11) is 0. The van der Waals surface area contributed by atoms with E-state index in [0.29, 0.717) is 0 Å². The average molecular weight is 255 g/mol. The van der Waals surface area contributed by atoms with Crippen molar-refractivity contribution in [1.29, 1.82) is 0 Å². The molecule has 6 heteroatoms. The molecule has 0 heterocycles. The fourth-order valence-electron chi connectivity index (χ4n) is 1.81. The SMILES string of the molecule is CCC(CC)C(C)NCC(C(=O)O)C(F)(F)F. The summed E-state index contributed by atoms with van der Waals surface area (Å²) in [6.07, 6.45) is -2.99. The molecule has 0 rings (SSSR count). The molecular formula is C11H20F3NO2. The summed E-state index contributed by atoms with van der Waals surface area (Å²) in [4.78, 5) is 10.5. The fraction of sp³-hybridized carbons (Fsp3) is 0.909. The van der Waals surface area contributed by atoms with Crippen molar-refractivity contribution in [2.24, 2.45) is 11.8 Å². The molecule has 0 amide bonds. The first kappa shape index (κ1) is 16.2. The second-order valence-electron chi connectivity index (χ2n) is 4.21. The maximum atomic E-state index is 12.4. The highest BCUT2D eigenvalue weighted by molar-refractivity contribution is 5.71. The van der Waals surface area contributed by atoms with Crippen LogP contribution in [0.2, 0.25) is 0 Å². The van der Waals surface area contributed by atoms with Crippen LogP contribution in [-0.4, -0.2) is 29.8 Å². The topological polar surface area (TPSA) is 49.3 Å². The van der Waals surface area contributed by atoms with Crippen LogP contribution in [0.4, 0.5) is 13.2 Å². The molecule has 0 bridgehead atoms. The predicted molar refractivity (Wildman–Crippen MR) is 58.7 cm³/mol. The van der Waals surface area contributed by atoms with Gasteiger partial charge in [0.15, 0.2) is 5.92 Å². The van der Waals surface area contributed by atoms with Crippen LogP contribution < -0.4 is 5.32 Å². The van der Waals surface area contributed by atoms with Gasteiger partial charge >= 0.3 is 12.1 Å². The zero-order chi connectivity index (χ0) is 13.6. The minimum absolute atomic E-state index is 0.116. The van der Waals surface area contributed by atoms with Crippen LogP contribution in [0, 0.1) is 11.8 Å². The highest BCUT2D eigenvalue weighted by Crippen LogP contribution is 2.26. The van der Waals surface area contributed by atoms with E-state index in [4.69, 9.17) is 5.11 Å². The minimum Gasteiger partial charge on any atom is -0.481 e. The minimum atomic E-state index is -4.70. The molecule has 2 atom stereocenters. The van der Waals surface area contributed by atoms with Crippen molar-refractivity contribution in [3.05, 3.63) is 0 Å². The van der Waals surface area contributed by atoms with Gasteiger partial charge in [-0.3, -0.25) is 4.79 Å². The molecule has 0 aromatic carbocycles. The van der Waals surface area contributed by atoms with Crippen LogP contribution in [0.1, 0.15) is 33.6 Å². The molecule has 0 saturated heterocycles. The van der Waals surface area contributed by atoms with Gasteiger partial charge in [-0.25, -0.2) is 0 Å².